The van der Waals surface area contributed by atoms with Crippen molar-refractivity contribution in [2.75, 3.05) is 0 Å². The Balaban J connectivity index is 1.24. The number of fused-ring (bicyclic) bond motifs is 5. The molecule has 1 heteroatoms. The minimum atomic E-state index is 0.624. The van der Waals surface area contributed by atoms with E-state index in [1.807, 2.05) is 0 Å². The molecule has 1 aromatic carbocycles. The standard InChI is InChI=1S/C33H52S/c1-23(2)10-9-11-24(3)29-16-17-30-28-15-14-25-22-27(34-26-12-7-6-8-13-26)18-20-32(25,4)31(28)19-21-33(29,30)5/h6-8,12-13,23-25,27-31H,9-11,14-22H2,1-5H3/t24-,25+,27-,28+,29-,30+,31+,32+,33-/m1/s1. The summed E-state index contributed by atoms with van der Waals surface area (Å²) < 4.78 is 0. The van der Waals surface area contributed by atoms with Crippen LogP contribution in [0.25, 0.3) is 0 Å². The summed E-state index contributed by atoms with van der Waals surface area (Å²) in [6.45, 7) is 12.9. The summed E-state index contributed by atoms with van der Waals surface area (Å²) in [6.07, 6.45) is 17.9. The summed E-state index contributed by atoms with van der Waals surface area (Å²) in [5, 5.41) is 0.841. The average molecular weight is 481 g/mol. The molecule has 0 N–H and O–H groups in total. The van der Waals surface area contributed by atoms with Crippen LogP contribution in [0.2, 0.25) is 0 Å². The van der Waals surface area contributed by atoms with Gasteiger partial charge in [0, 0.05) is 10.1 Å². The van der Waals surface area contributed by atoms with Crippen LogP contribution in [0.1, 0.15) is 112 Å². The molecule has 0 amide bonds. The zero-order valence-corrected chi connectivity index (χ0v) is 23.7. The predicted octanol–water partition coefficient (Wildman–Crippen LogP) is 10.3. The average Bonchev–Trinajstić information content (AvgIpc) is 3.17. The molecule has 1 aromatic rings. The molecule has 34 heavy (non-hydrogen) atoms. The Morgan fingerprint density at radius 1 is 0.824 bits per heavy atom. The Labute approximate surface area is 215 Å². The Morgan fingerprint density at radius 2 is 1.56 bits per heavy atom. The van der Waals surface area contributed by atoms with Gasteiger partial charge in [-0.15, -0.1) is 11.8 Å². The molecule has 0 unspecified atom stereocenters. The van der Waals surface area contributed by atoms with Gasteiger partial charge in [0.25, 0.3) is 0 Å². The van der Waals surface area contributed by atoms with Crippen LogP contribution in [-0.2, 0) is 0 Å². The van der Waals surface area contributed by atoms with Gasteiger partial charge in [0.05, 0.1) is 0 Å². The molecule has 4 saturated carbocycles. The van der Waals surface area contributed by atoms with Crippen LogP contribution in [-0.4, -0.2) is 5.25 Å². The first-order chi connectivity index (χ1) is 16.3. The summed E-state index contributed by atoms with van der Waals surface area (Å²) in [5.41, 5.74) is 1.26. The number of hydrogen-bond acceptors (Lipinski definition) is 1. The molecule has 4 fully saturated rings. The van der Waals surface area contributed by atoms with Gasteiger partial charge in [-0.3, -0.25) is 0 Å². The molecule has 190 valence electrons. The third kappa shape index (κ3) is 4.66. The summed E-state index contributed by atoms with van der Waals surface area (Å²) in [6, 6.07) is 11.2. The highest BCUT2D eigenvalue weighted by molar-refractivity contribution is 8.00. The van der Waals surface area contributed by atoms with Crippen LogP contribution in [0.4, 0.5) is 0 Å². The second-order valence-corrected chi connectivity index (χ2v) is 15.4. The monoisotopic (exact) mass is 480 g/mol. The first kappa shape index (κ1) is 25.2. The Hall–Kier alpha value is -0.430. The first-order valence-electron chi connectivity index (χ1n) is 15.0. The third-order valence-corrected chi connectivity index (χ3v) is 13.2. The van der Waals surface area contributed by atoms with Crippen LogP contribution < -0.4 is 0 Å². The van der Waals surface area contributed by atoms with E-state index < -0.39 is 0 Å². The van der Waals surface area contributed by atoms with Crippen LogP contribution >= 0.6 is 11.8 Å². The molecular weight excluding hydrogens is 428 g/mol. The van der Waals surface area contributed by atoms with Crippen LogP contribution in [0.5, 0.6) is 0 Å². The fourth-order valence-electron chi connectivity index (χ4n) is 10.0. The van der Waals surface area contributed by atoms with Gasteiger partial charge in [-0.2, -0.15) is 0 Å². The third-order valence-electron chi connectivity index (χ3n) is 11.9. The van der Waals surface area contributed by atoms with Crippen molar-refractivity contribution in [2.24, 2.45) is 52.3 Å². The molecule has 0 aromatic heterocycles. The maximum Gasteiger partial charge on any atom is 0.00974 e. The van der Waals surface area contributed by atoms with E-state index >= 15 is 0 Å². The zero-order chi connectivity index (χ0) is 23.9. The molecule has 0 nitrogen and oxygen atoms in total. The van der Waals surface area contributed by atoms with E-state index in [0.29, 0.717) is 10.8 Å². The lowest BCUT2D eigenvalue weighted by Gasteiger charge is -2.61. The van der Waals surface area contributed by atoms with E-state index in [2.05, 4.69) is 76.7 Å². The molecule has 4 aliphatic carbocycles. The minimum absolute atomic E-state index is 0.624. The van der Waals surface area contributed by atoms with Crippen molar-refractivity contribution in [3.63, 3.8) is 0 Å². The maximum atomic E-state index is 2.76. The van der Waals surface area contributed by atoms with Crippen molar-refractivity contribution in [3.8, 4) is 0 Å². The van der Waals surface area contributed by atoms with Crippen molar-refractivity contribution in [3.05, 3.63) is 30.3 Å². The zero-order valence-electron chi connectivity index (χ0n) is 22.9. The highest BCUT2D eigenvalue weighted by Crippen LogP contribution is 2.68. The van der Waals surface area contributed by atoms with E-state index in [0.717, 1.165) is 46.7 Å². The maximum absolute atomic E-state index is 2.76. The molecule has 4 aliphatic rings. The molecule has 0 spiro atoms. The van der Waals surface area contributed by atoms with E-state index in [4.69, 9.17) is 0 Å². The second-order valence-electron chi connectivity index (χ2n) is 14.0. The topological polar surface area (TPSA) is 0 Å². The molecule has 0 heterocycles. The van der Waals surface area contributed by atoms with Gasteiger partial charge >= 0.3 is 0 Å². The van der Waals surface area contributed by atoms with Gasteiger partial charge < -0.3 is 0 Å². The summed E-state index contributed by atoms with van der Waals surface area (Å²) >= 11 is 2.17. The van der Waals surface area contributed by atoms with Gasteiger partial charge in [-0.1, -0.05) is 72.1 Å². The quantitative estimate of drug-likeness (QED) is 0.374. The molecule has 0 bridgehead atoms. The lowest BCUT2D eigenvalue weighted by atomic mass is 9.44. The van der Waals surface area contributed by atoms with Gasteiger partial charge in [0.15, 0.2) is 0 Å². The van der Waals surface area contributed by atoms with E-state index in [1.165, 1.54) is 69.1 Å². The van der Waals surface area contributed by atoms with Gasteiger partial charge in [-0.05, 0) is 122 Å². The normalized spacial score (nSPS) is 42.6. The molecular formula is C33H52S. The van der Waals surface area contributed by atoms with E-state index in [9.17, 15) is 0 Å². The second kappa shape index (κ2) is 10.1. The van der Waals surface area contributed by atoms with Crippen molar-refractivity contribution in [2.45, 2.75) is 122 Å². The number of benzene rings is 1. The first-order valence-corrected chi connectivity index (χ1v) is 15.9. The van der Waals surface area contributed by atoms with Crippen LogP contribution in [0, 0.1) is 52.3 Å². The van der Waals surface area contributed by atoms with Gasteiger partial charge in [0.1, 0.15) is 0 Å². The lowest BCUT2D eigenvalue weighted by Crippen LogP contribution is -2.54. The van der Waals surface area contributed by atoms with Crippen LogP contribution in [0.15, 0.2) is 35.2 Å². The highest BCUT2D eigenvalue weighted by Gasteiger charge is 2.60. The van der Waals surface area contributed by atoms with E-state index in [1.54, 1.807) is 12.8 Å². The summed E-state index contributed by atoms with van der Waals surface area (Å²) in [5.74, 6) is 6.84. The largest absolute Gasteiger partial charge is 0.123 e. The van der Waals surface area contributed by atoms with Gasteiger partial charge in [0.2, 0.25) is 0 Å². The molecule has 0 saturated heterocycles. The van der Waals surface area contributed by atoms with Crippen molar-refractivity contribution in [1.29, 1.82) is 0 Å². The van der Waals surface area contributed by atoms with Crippen LogP contribution in [0.3, 0.4) is 0 Å². The molecule has 9 atom stereocenters. The molecule has 0 aliphatic heterocycles. The number of hydrogen-bond donors (Lipinski definition) is 0. The Kier molecular flexibility index (Phi) is 7.53. The lowest BCUT2D eigenvalue weighted by molar-refractivity contribution is -0.113. The molecule has 0 radical (unpaired) electrons. The Morgan fingerprint density at radius 3 is 2.32 bits per heavy atom. The number of thioether (sulfide) groups is 1. The van der Waals surface area contributed by atoms with Crippen molar-refractivity contribution < 1.29 is 0 Å². The SMILES string of the molecule is CC(C)CCC[C@@H](C)[C@H]1CC[C@H]2[C@@H]3CC[C@H]4C[C@H](Sc5ccccc5)CC[C@]4(C)[C@H]3CC[C@]12C. The van der Waals surface area contributed by atoms with Gasteiger partial charge in [-0.25, -0.2) is 0 Å². The smallest absolute Gasteiger partial charge is 0.00974 e. The molecule has 5 rings (SSSR count). The summed E-state index contributed by atoms with van der Waals surface area (Å²) in [4.78, 5) is 1.48. The summed E-state index contributed by atoms with van der Waals surface area (Å²) in [7, 11) is 0. The fraction of sp³-hybridized carbons (Fsp3) is 0.818. The van der Waals surface area contributed by atoms with Crippen molar-refractivity contribution >= 4 is 11.8 Å². The van der Waals surface area contributed by atoms with Crippen molar-refractivity contribution in [1.82, 2.24) is 0 Å². The van der Waals surface area contributed by atoms with E-state index in [-0.39, 0.29) is 0 Å². The predicted molar refractivity (Wildman–Crippen MR) is 149 cm³/mol. The number of rotatable bonds is 7. The highest BCUT2D eigenvalue weighted by atomic mass is 32.2. The fourth-order valence-corrected chi connectivity index (χ4v) is 11.3. The minimum Gasteiger partial charge on any atom is -0.123 e. The Bertz CT molecular complexity index is 800.